The lowest BCUT2D eigenvalue weighted by Crippen LogP contribution is -2.47. The van der Waals surface area contributed by atoms with Gasteiger partial charge in [0.2, 0.25) is 5.56 Å². The van der Waals surface area contributed by atoms with Crippen LogP contribution in [-0.2, 0) is 20.1 Å². The minimum Gasteiger partial charge on any atom is -0.318 e. The molecule has 0 N–H and O–H groups in total. The second kappa shape index (κ2) is 9.15. The van der Waals surface area contributed by atoms with Crippen molar-refractivity contribution in [1.29, 1.82) is 0 Å². The molecule has 8 heteroatoms. The highest BCUT2D eigenvalue weighted by atomic mass is 16.1. The summed E-state index contributed by atoms with van der Waals surface area (Å²) in [7, 11) is 1.78. The van der Waals surface area contributed by atoms with E-state index in [1.807, 2.05) is 24.4 Å². The third-order valence-electron chi connectivity index (χ3n) is 5.47. The summed E-state index contributed by atoms with van der Waals surface area (Å²) in [6.45, 7) is 6.01. The Morgan fingerprint density at radius 1 is 0.900 bits per heavy atom. The summed E-state index contributed by atoms with van der Waals surface area (Å²) in [5, 5.41) is 4.51. The molecule has 0 radical (unpaired) electrons. The SMILES string of the molecule is Cn1cc(CN2CCN(CCn3nc(-c4cccnc4)ccc3=O)CC2)ccc1=O. The number of aryl methyl sites for hydroxylation is 1. The van der Waals surface area contributed by atoms with Gasteiger partial charge in [0.25, 0.3) is 5.56 Å². The quantitative estimate of drug-likeness (QED) is 0.603. The van der Waals surface area contributed by atoms with Gasteiger partial charge in [-0.05, 0) is 23.8 Å². The van der Waals surface area contributed by atoms with Crippen molar-refractivity contribution in [3.05, 3.63) is 81.3 Å². The maximum Gasteiger partial charge on any atom is 0.266 e. The van der Waals surface area contributed by atoms with Crippen LogP contribution in [0.4, 0.5) is 0 Å². The standard InChI is InChI=1S/C22H26N6O2/c1-25-16-18(4-6-21(25)29)17-27-11-9-26(10-12-27)13-14-28-22(30)7-5-20(24-28)19-3-2-8-23-15-19/h2-8,15-16H,9-14,17H2,1H3. The number of nitrogens with zero attached hydrogens (tertiary/aromatic N) is 6. The maximum absolute atomic E-state index is 12.2. The normalized spacial score (nSPS) is 15.4. The molecule has 0 aliphatic carbocycles. The van der Waals surface area contributed by atoms with Crippen LogP contribution in [0.5, 0.6) is 0 Å². The molecule has 30 heavy (non-hydrogen) atoms. The third-order valence-corrected chi connectivity index (χ3v) is 5.47. The van der Waals surface area contributed by atoms with Gasteiger partial charge in [0.1, 0.15) is 0 Å². The summed E-state index contributed by atoms with van der Waals surface area (Å²) in [5.74, 6) is 0. The molecule has 4 rings (SSSR count). The Hall–Kier alpha value is -3.10. The lowest BCUT2D eigenvalue weighted by molar-refractivity contribution is 0.122. The molecule has 0 bridgehead atoms. The molecule has 8 nitrogen and oxygen atoms in total. The zero-order valence-corrected chi connectivity index (χ0v) is 17.1. The zero-order valence-electron chi connectivity index (χ0n) is 17.1. The van der Waals surface area contributed by atoms with E-state index in [9.17, 15) is 9.59 Å². The molecule has 1 fully saturated rings. The molecular formula is C22H26N6O2. The maximum atomic E-state index is 12.2. The fraction of sp³-hybridized carbons (Fsp3) is 0.364. The van der Waals surface area contributed by atoms with E-state index in [1.165, 1.54) is 0 Å². The van der Waals surface area contributed by atoms with Crippen LogP contribution in [-0.4, -0.2) is 61.9 Å². The fourth-order valence-electron chi connectivity index (χ4n) is 3.69. The number of hydrogen-bond acceptors (Lipinski definition) is 6. The van der Waals surface area contributed by atoms with Crippen LogP contribution in [0.25, 0.3) is 11.3 Å². The molecular weight excluding hydrogens is 380 g/mol. The largest absolute Gasteiger partial charge is 0.318 e. The van der Waals surface area contributed by atoms with Crippen molar-refractivity contribution in [1.82, 2.24) is 29.1 Å². The van der Waals surface area contributed by atoms with Crippen LogP contribution < -0.4 is 11.1 Å². The van der Waals surface area contributed by atoms with Crippen LogP contribution in [0.15, 0.2) is 64.6 Å². The molecule has 0 unspecified atom stereocenters. The van der Waals surface area contributed by atoms with Crippen molar-refractivity contribution in [2.75, 3.05) is 32.7 Å². The van der Waals surface area contributed by atoms with E-state index in [1.54, 1.807) is 46.9 Å². The molecule has 1 aliphatic heterocycles. The molecule has 0 amide bonds. The van der Waals surface area contributed by atoms with Crippen molar-refractivity contribution < 1.29 is 0 Å². The Morgan fingerprint density at radius 3 is 2.40 bits per heavy atom. The zero-order chi connectivity index (χ0) is 20.9. The van der Waals surface area contributed by atoms with Gasteiger partial charge in [0.05, 0.1) is 12.2 Å². The van der Waals surface area contributed by atoms with E-state index in [0.29, 0.717) is 6.54 Å². The van der Waals surface area contributed by atoms with Gasteiger partial charge in [-0.3, -0.25) is 24.4 Å². The average molecular weight is 406 g/mol. The van der Waals surface area contributed by atoms with Crippen LogP contribution in [0.2, 0.25) is 0 Å². The van der Waals surface area contributed by atoms with Gasteiger partial charge in [-0.1, -0.05) is 6.07 Å². The van der Waals surface area contributed by atoms with E-state index in [0.717, 1.165) is 56.1 Å². The molecule has 3 aromatic heterocycles. The molecule has 156 valence electrons. The first-order chi connectivity index (χ1) is 14.6. The smallest absolute Gasteiger partial charge is 0.266 e. The van der Waals surface area contributed by atoms with E-state index in [4.69, 9.17) is 0 Å². The highest BCUT2D eigenvalue weighted by molar-refractivity contribution is 5.56. The predicted molar refractivity (Wildman–Crippen MR) is 115 cm³/mol. The van der Waals surface area contributed by atoms with Crippen molar-refractivity contribution >= 4 is 0 Å². The summed E-state index contributed by atoms with van der Waals surface area (Å²) >= 11 is 0. The highest BCUT2D eigenvalue weighted by Gasteiger charge is 2.17. The van der Waals surface area contributed by atoms with Gasteiger partial charge >= 0.3 is 0 Å². The summed E-state index contributed by atoms with van der Waals surface area (Å²) in [6, 6.07) is 10.6. The van der Waals surface area contributed by atoms with Gasteiger partial charge in [-0.15, -0.1) is 0 Å². The molecule has 0 atom stereocenters. The lowest BCUT2D eigenvalue weighted by atomic mass is 10.2. The summed E-state index contributed by atoms with van der Waals surface area (Å²) < 4.78 is 3.16. The van der Waals surface area contributed by atoms with Crippen molar-refractivity contribution in [2.45, 2.75) is 13.1 Å². The Kier molecular flexibility index (Phi) is 6.15. The van der Waals surface area contributed by atoms with Gasteiger partial charge < -0.3 is 4.57 Å². The Morgan fingerprint density at radius 2 is 1.67 bits per heavy atom. The number of piperazine rings is 1. The molecule has 3 aromatic rings. The molecule has 0 aromatic carbocycles. The summed E-state index contributed by atoms with van der Waals surface area (Å²) in [6.07, 6.45) is 5.38. The number of pyridine rings is 2. The summed E-state index contributed by atoms with van der Waals surface area (Å²) in [5.41, 5.74) is 2.73. The van der Waals surface area contributed by atoms with Crippen molar-refractivity contribution in [3.8, 4) is 11.3 Å². The molecule has 1 saturated heterocycles. The Balaban J connectivity index is 1.31. The molecule has 4 heterocycles. The molecule has 0 spiro atoms. The van der Waals surface area contributed by atoms with Crippen LogP contribution >= 0.6 is 0 Å². The van der Waals surface area contributed by atoms with E-state index in [-0.39, 0.29) is 11.1 Å². The van der Waals surface area contributed by atoms with Crippen LogP contribution in [0.3, 0.4) is 0 Å². The number of aromatic nitrogens is 4. The average Bonchev–Trinajstić information content (AvgIpc) is 2.77. The first-order valence-electron chi connectivity index (χ1n) is 10.2. The first kappa shape index (κ1) is 20.2. The highest BCUT2D eigenvalue weighted by Crippen LogP contribution is 2.13. The topological polar surface area (TPSA) is 76.3 Å². The van der Waals surface area contributed by atoms with Crippen LogP contribution in [0, 0.1) is 0 Å². The first-order valence-corrected chi connectivity index (χ1v) is 10.2. The Bertz CT molecular complexity index is 1100. The van der Waals surface area contributed by atoms with Crippen molar-refractivity contribution in [2.24, 2.45) is 7.05 Å². The van der Waals surface area contributed by atoms with E-state index < -0.39 is 0 Å². The second-order valence-corrected chi connectivity index (χ2v) is 7.63. The number of hydrogen-bond donors (Lipinski definition) is 0. The monoisotopic (exact) mass is 406 g/mol. The van der Waals surface area contributed by atoms with E-state index in [2.05, 4.69) is 19.9 Å². The summed E-state index contributed by atoms with van der Waals surface area (Å²) in [4.78, 5) is 32.6. The second-order valence-electron chi connectivity index (χ2n) is 7.63. The molecule has 1 aliphatic rings. The van der Waals surface area contributed by atoms with Gasteiger partial charge in [-0.25, -0.2) is 4.68 Å². The minimum absolute atomic E-state index is 0.0139. The van der Waals surface area contributed by atoms with E-state index >= 15 is 0 Å². The predicted octanol–water partition coefficient (Wildman–Crippen LogP) is 0.822. The van der Waals surface area contributed by atoms with Crippen LogP contribution in [0.1, 0.15) is 5.56 Å². The minimum atomic E-state index is -0.0871. The fourth-order valence-corrected chi connectivity index (χ4v) is 3.69. The third kappa shape index (κ3) is 4.90. The van der Waals surface area contributed by atoms with Gasteiger partial charge in [0, 0.05) is 82.6 Å². The van der Waals surface area contributed by atoms with Gasteiger partial charge in [0.15, 0.2) is 0 Å². The number of rotatable bonds is 6. The van der Waals surface area contributed by atoms with Gasteiger partial charge in [-0.2, -0.15) is 5.10 Å². The molecule has 0 saturated carbocycles. The Labute approximate surface area is 175 Å². The van der Waals surface area contributed by atoms with Crippen molar-refractivity contribution in [3.63, 3.8) is 0 Å². The lowest BCUT2D eigenvalue weighted by Gasteiger charge is -2.34.